The van der Waals surface area contributed by atoms with Crippen molar-refractivity contribution in [3.63, 3.8) is 0 Å². The van der Waals surface area contributed by atoms with Crippen LogP contribution < -0.4 is 0 Å². The normalized spacial score (nSPS) is 1.71. The van der Waals surface area contributed by atoms with E-state index in [-0.39, 0.29) is 89.1 Å². The molecule has 0 heteroatoms. The molecule has 0 aliphatic rings. The molecule has 0 unspecified atom stereocenters. The minimum absolute atomic E-state index is 0. The molecule has 0 N–H and O–H groups in total. The van der Waals surface area contributed by atoms with Gasteiger partial charge in [-0.25, -0.2) is 0 Å². The summed E-state index contributed by atoms with van der Waals surface area (Å²) in [5, 5.41) is 0. The Morgan fingerprint density at radius 1 is 0.107 bits per heavy atom. The van der Waals surface area contributed by atoms with Crippen LogP contribution in [0, 0.1) is 0 Å². The summed E-state index contributed by atoms with van der Waals surface area (Å²) >= 11 is 0. The van der Waals surface area contributed by atoms with Gasteiger partial charge in [-0.2, -0.15) is 0 Å². The molecule has 0 spiro atoms. The summed E-state index contributed by atoms with van der Waals surface area (Å²) in [6, 6.07) is 0. The average molecular weight is 433 g/mol. The Morgan fingerprint density at radius 2 is 0.107 bits per heavy atom. The fourth-order valence-corrected chi connectivity index (χ4v) is 0. The summed E-state index contributed by atoms with van der Waals surface area (Å²) in [5.41, 5.74) is 0. The largest absolute Gasteiger partial charge is 0.0776 e. The molecule has 0 bridgehead atoms. The first-order chi connectivity index (χ1) is 8.00. The molecule has 0 atom stereocenters. The fraction of sp³-hybridized carbons (Fsp3) is 1.00. The lowest BCUT2D eigenvalue weighted by Crippen LogP contribution is -0.856. The van der Waals surface area contributed by atoms with E-state index >= 15 is 0 Å². The second kappa shape index (κ2) is 0. The molecule has 0 nitrogen and oxygen atoms in total. The summed E-state index contributed by atoms with van der Waals surface area (Å²) in [6.07, 6.45) is 0. The second-order valence-electron chi connectivity index (χ2n) is 0. The van der Waals surface area contributed by atoms with Crippen LogP contribution in [-0.4, -0.2) is 0 Å². The number of hydrogen-bond donors (Lipinski definition) is 0. The fourth-order valence-electron chi connectivity index (χ4n) is 0. The summed E-state index contributed by atoms with van der Waals surface area (Å²) < 4.78 is 0. The van der Waals surface area contributed by atoms with Gasteiger partial charge in [-0.3, -0.25) is 0 Å². The maximum atomic E-state index is 2.00. The van der Waals surface area contributed by atoms with E-state index in [0.717, 1.165) is 0 Å². The predicted octanol–water partition coefficient (Wildman–Crippen LogP) is 15.8. The molecular formula is C28H96. The van der Waals surface area contributed by atoms with E-state index < -0.39 is 0 Å². The van der Waals surface area contributed by atoms with E-state index in [0.29, 0.717) is 0 Å². The summed E-state index contributed by atoms with van der Waals surface area (Å²) in [7, 11) is 0. The highest BCUT2D eigenvalue weighted by molar-refractivity contribution is 3.52. The van der Waals surface area contributed by atoms with Crippen molar-refractivity contribution in [1.29, 1.82) is 0 Å². The second-order valence-corrected chi connectivity index (χ2v) is 0. The third kappa shape index (κ3) is 0. The lowest BCUT2D eigenvalue weighted by atomic mass is 11.0. The lowest BCUT2D eigenvalue weighted by Gasteiger charge is -1.07. The van der Waals surface area contributed by atoms with Gasteiger partial charge in [0.15, 0.2) is 0 Å². The Hall–Kier alpha value is 0. The number of hydrogen-bond acceptors (Lipinski definition) is 0. The summed E-state index contributed by atoms with van der Waals surface area (Å²) in [6.45, 7) is 32.0. The smallest absolute Gasteiger partial charge is 0.0683 e. The maximum Gasteiger partial charge on any atom is -0.0683 e. The van der Waals surface area contributed by atoms with Crippen molar-refractivity contribution < 1.29 is 0 Å². The van der Waals surface area contributed by atoms with Gasteiger partial charge in [0.25, 0.3) is 0 Å². The van der Waals surface area contributed by atoms with Gasteiger partial charge in [0.1, 0.15) is 0 Å². The molecule has 0 aliphatic carbocycles. The van der Waals surface area contributed by atoms with Gasteiger partial charge in [0, 0.05) is 0 Å². The minimum Gasteiger partial charge on any atom is -0.0776 e. The average Bonchev–Trinajstić information content (AvgIpc) is 2.54. The van der Waals surface area contributed by atoms with Gasteiger partial charge in [0.2, 0.25) is 0 Å². The van der Waals surface area contributed by atoms with Crippen LogP contribution in [0.5, 0.6) is 0 Å². The molecule has 0 radical (unpaired) electrons. The summed E-state index contributed by atoms with van der Waals surface area (Å²) in [5.74, 6) is 0. The zero-order valence-corrected chi connectivity index (χ0v) is 16.0. The Bertz CT molecular complexity index is 0. The monoisotopic (exact) mass is 433 g/mol. The van der Waals surface area contributed by atoms with Crippen LogP contribution in [0.25, 0.3) is 0 Å². The molecule has 0 amide bonds. The highest BCUT2D eigenvalue weighted by Crippen LogP contribution is 1.16. The van der Waals surface area contributed by atoms with Gasteiger partial charge in [-0.15, -0.1) is 0 Å². The van der Waals surface area contributed by atoms with Crippen molar-refractivity contribution in [2.75, 3.05) is 0 Å². The SMILES string of the molecule is C.C.C.C.C.C.C.C.C.C.C.C.CC.CC.CC.CC.CC.CC.CC.CC. The molecule has 0 fully saturated rings. The zero-order valence-electron chi connectivity index (χ0n) is 16.0. The Labute approximate surface area is 200 Å². The van der Waals surface area contributed by atoms with E-state index in [2.05, 4.69) is 0 Å². The zero-order chi connectivity index (χ0) is 16.0. The molecule has 0 aromatic heterocycles. The van der Waals surface area contributed by atoms with Crippen LogP contribution >= 0.6 is 0 Å². The van der Waals surface area contributed by atoms with Crippen molar-refractivity contribution in [1.82, 2.24) is 0 Å². The van der Waals surface area contributed by atoms with Crippen LogP contribution in [0.3, 0.4) is 0 Å². The van der Waals surface area contributed by atoms with Crippen molar-refractivity contribution in [2.24, 2.45) is 0 Å². The third-order valence-electron chi connectivity index (χ3n) is 0. The molecule has 0 aromatic rings. The summed E-state index contributed by atoms with van der Waals surface area (Å²) in [4.78, 5) is 0. The predicted molar refractivity (Wildman–Crippen MR) is 172 cm³/mol. The lowest BCUT2D eigenvalue weighted by molar-refractivity contribution is 1.50. The van der Waals surface area contributed by atoms with E-state index in [9.17, 15) is 0 Å². The molecule has 28 heavy (non-hydrogen) atoms. The minimum atomic E-state index is 0. The van der Waals surface area contributed by atoms with E-state index in [1.165, 1.54) is 0 Å². The first kappa shape index (κ1) is 319. The van der Waals surface area contributed by atoms with Crippen LogP contribution in [0.1, 0.15) is 200 Å². The molecule has 0 rings (SSSR count). The molecule has 0 aromatic carbocycles. The highest BCUT2D eigenvalue weighted by Gasteiger charge is 0.946. The Morgan fingerprint density at radius 3 is 0.107 bits per heavy atom. The molecule has 208 valence electrons. The van der Waals surface area contributed by atoms with Gasteiger partial charge in [-0.1, -0.05) is 200 Å². The van der Waals surface area contributed by atoms with E-state index in [1.54, 1.807) is 0 Å². The maximum absolute atomic E-state index is 2.00. The molecule has 0 heterocycles. The third-order valence-corrected chi connectivity index (χ3v) is 0. The van der Waals surface area contributed by atoms with Gasteiger partial charge in [0.05, 0.1) is 0 Å². The van der Waals surface area contributed by atoms with E-state index in [4.69, 9.17) is 0 Å². The molecule has 0 saturated carbocycles. The van der Waals surface area contributed by atoms with Gasteiger partial charge >= 0.3 is 0 Å². The Balaban J connectivity index is -0.00000000137. The molecular weight excluding hydrogens is 336 g/mol. The standard InChI is InChI=1S/8C2H6.12CH4/c8*1-2;;;;;;;;;;;;/h8*1-2H3;12*1H4. The van der Waals surface area contributed by atoms with Crippen LogP contribution in [-0.2, 0) is 0 Å². The number of rotatable bonds is 0. The first-order valence-corrected chi connectivity index (χ1v) is 8.00. The topological polar surface area (TPSA) is 0 Å². The first-order valence-electron chi connectivity index (χ1n) is 8.00. The van der Waals surface area contributed by atoms with Gasteiger partial charge < -0.3 is 0 Å². The Kier molecular flexibility index (Phi) is 0. The van der Waals surface area contributed by atoms with Crippen molar-refractivity contribution in [3.8, 4) is 0 Å². The van der Waals surface area contributed by atoms with E-state index in [1.807, 2.05) is 111 Å². The van der Waals surface area contributed by atoms with Gasteiger partial charge in [-0.05, 0) is 0 Å². The van der Waals surface area contributed by atoms with Crippen molar-refractivity contribution in [2.45, 2.75) is 200 Å². The van der Waals surface area contributed by atoms with Crippen molar-refractivity contribution >= 4 is 0 Å². The van der Waals surface area contributed by atoms with Crippen molar-refractivity contribution in [3.05, 3.63) is 0 Å². The molecule has 0 aliphatic heterocycles. The quantitative estimate of drug-likeness (QED) is 0.356. The molecule has 0 saturated heterocycles. The van der Waals surface area contributed by atoms with Crippen LogP contribution in [0.2, 0.25) is 0 Å². The highest BCUT2D eigenvalue weighted by atomic mass is 13.0. The van der Waals surface area contributed by atoms with Crippen LogP contribution in [0.4, 0.5) is 0 Å². The van der Waals surface area contributed by atoms with Crippen LogP contribution in [0.15, 0.2) is 0 Å².